The van der Waals surface area contributed by atoms with Gasteiger partial charge in [-0.2, -0.15) is 0 Å². The summed E-state index contributed by atoms with van der Waals surface area (Å²) in [5, 5.41) is 2.90. The molecular weight excluding hydrogens is 270 g/mol. The zero-order chi connectivity index (χ0) is 14.5. The quantitative estimate of drug-likeness (QED) is 0.816. The van der Waals surface area contributed by atoms with Crippen LogP contribution in [0.2, 0.25) is 0 Å². The monoisotopic (exact) mass is 291 g/mol. The third-order valence-electron chi connectivity index (χ3n) is 3.81. The SMILES string of the molecule is CN(CC(=O)Nc1ccccc1C(N)=S)C1CCCC1. The van der Waals surface area contributed by atoms with Crippen LogP contribution < -0.4 is 11.1 Å². The zero-order valence-corrected chi connectivity index (χ0v) is 12.6. The van der Waals surface area contributed by atoms with E-state index in [1.165, 1.54) is 25.7 Å². The molecule has 0 unspecified atom stereocenters. The molecule has 0 aliphatic heterocycles. The van der Waals surface area contributed by atoms with Crippen LogP contribution in [0, 0.1) is 0 Å². The summed E-state index contributed by atoms with van der Waals surface area (Å²) in [6.45, 7) is 0.399. The molecule has 1 aromatic rings. The van der Waals surface area contributed by atoms with Crippen molar-refractivity contribution in [2.24, 2.45) is 5.73 Å². The fraction of sp³-hybridized carbons (Fsp3) is 0.467. The van der Waals surface area contributed by atoms with E-state index < -0.39 is 0 Å². The minimum Gasteiger partial charge on any atom is -0.389 e. The van der Waals surface area contributed by atoms with Gasteiger partial charge in [0.25, 0.3) is 0 Å². The predicted octanol–water partition coefficient (Wildman–Crippen LogP) is 2.13. The summed E-state index contributed by atoms with van der Waals surface area (Å²) in [5.74, 6) is -0.0249. The van der Waals surface area contributed by atoms with Gasteiger partial charge in [0.05, 0.1) is 12.2 Å². The molecule has 0 saturated heterocycles. The number of para-hydroxylation sites is 1. The predicted molar refractivity (Wildman–Crippen MR) is 85.8 cm³/mol. The first-order valence-electron chi connectivity index (χ1n) is 6.97. The molecule has 0 atom stereocenters. The molecule has 108 valence electrons. The number of nitrogens with two attached hydrogens (primary N) is 1. The standard InChI is InChI=1S/C15H21N3OS/c1-18(11-6-2-3-7-11)10-14(19)17-13-9-5-4-8-12(13)15(16)20/h4-5,8-9,11H,2-3,6-7,10H2,1H3,(H2,16,20)(H,17,19). The van der Waals surface area contributed by atoms with Crippen molar-refractivity contribution in [3.8, 4) is 0 Å². The Bertz CT molecular complexity index is 498. The highest BCUT2D eigenvalue weighted by Crippen LogP contribution is 2.22. The summed E-state index contributed by atoms with van der Waals surface area (Å²) < 4.78 is 0. The van der Waals surface area contributed by atoms with Gasteiger partial charge >= 0.3 is 0 Å². The van der Waals surface area contributed by atoms with Gasteiger partial charge in [-0.15, -0.1) is 0 Å². The molecule has 0 radical (unpaired) electrons. The first-order chi connectivity index (χ1) is 9.58. The number of nitrogens with zero attached hydrogens (tertiary/aromatic N) is 1. The van der Waals surface area contributed by atoms with Crippen LogP contribution in [0.3, 0.4) is 0 Å². The number of nitrogens with one attached hydrogen (secondary N) is 1. The van der Waals surface area contributed by atoms with Gasteiger partial charge < -0.3 is 11.1 Å². The molecule has 1 aliphatic carbocycles. The van der Waals surface area contributed by atoms with E-state index in [1.54, 1.807) is 0 Å². The van der Waals surface area contributed by atoms with Crippen LogP contribution in [0.15, 0.2) is 24.3 Å². The third-order valence-corrected chi connectivity index (χ3v) is 4.03. The van der Waals surface area contributed by atoms with Crippen LogP contribution in [-0.2, 0) is 4.79 Å². The molecule has 0 heterocycles. The minimum atomic E-state index is -0.0249. The Morgan fingerprint density at radius 1 is 1.40 bits per heavy atom. The maximum Gasteiger partial charge on any atom is 0.238 e. The summed E-state index contributed by atoms with van der Waals surface area (Å²) in [6.07, 6.45) is 4.91. The van der Waals surface area contributed by atoms with E-state index in [9.17, 15) is 4.79 Å². The van der Waals surface area contributed by atoms with E-state index in [-0.39, 0.29) is 5.91 Å². The number of anilines is 1. The van der Waals surface area contributed by atoms with Crippen LogP contribution in [0.5, 0.6) is 0 Å². The average Bonchev–Trinajstić information content (AvgIpc) is 2.92. The first-order valence-corrected chi connectivity index (χ1v) is 7.37. The van der Waals surface area contributed by atoms with Gasteiger partial charge in [0.15, 0.2) is 0 Å². The van der Waals surface area contributed by atoms with Gasteiger partial charge in [0.1, 0.15) is 4.99 Å². The van der Waals surface area contributed by atoms with Crippen molar-refractivity contribution in [1.82, 2.24) is 4.90 Å². The van der Waals surface area contributed by atoms with Crippen molar-refractivity contribution in [2.45, 2.75) is 31.7 Å². The summed E-state index contributed by atoms with van der Waals surface area (Å²) in [6, 6.07) is 7.89. The lowest BCUT2D eigenvalue weighted by molar-refractivity contribution is -0.117. The van der Waals surface area contributed by atoms with Crippen LogP contribution in [0.1, 0.15) is 31.2 Å². The van der Waals surface area contributed by atoms with Gasteiger partial charge in [-0.3, -0.25) is 9.69 Å². The number of rotatable bonds is 5. The van der Waals surface area contributed by atoms with Crippen molar-refractivity contribution in [3.05, 3.63) is 29.8 Å². The number of thiocarbonyl (C=S) groups is 1. The number of carbonyl (C=O) groups excluding carboxylic acids is 1. The van der Waals surface area contributed by atoms with Crippen molar-refractivity contribution in [3.63, 3.8) is 0 Å². The molecule has 20 heavy (non-hydrogen) atoms. The second-order valence-corrected chi connectivity index (χ2v) is 5.75. The van der Waals surface area contributed by atoms with E-state index in [2.05, 4.69) is 10.2 Å². The Balaban J connectivity index is 1.96. The molecule has 1 fully saturated rings. The van der Waals surface area contributed by atoms with E-state index in [0.717, 1.165) is 0 Å². The molecule has 5 heteroatoms. The topological polar surface area (TPSA) is 58.4 Å². The van der Waals surface area contributed by atoms with Crippen molar-refractivity contribution in [2.75, 3.05) is 18.9 Å². The van der Waals surface area contributed by atoms with Gasteiger partial charge in [-0.05, 0) is 32.0 Å². The lowest BCUT2D eigenvalue weighted by Crippen LogP contribution is -2.36. The smallest absolute Gasteiger partial charge is 0.238 e. The number of hydrogen-bond acceptors (Lipinski definition) is 3. The zero-order valence-electron chi connectivity index (χ0n) is 11.8. The lowest BCUT2D eigenvalue weighted by atomic mass is 10.1. The molecule has 1 aliphatic rings. The maximum absolute atomic E-state index is 12.1. The normalized spacial score (nSPS) is 15.5. The van der Waals surface area contributed by atoms with E-state index in [4.69, 9.17) is 18.0 Å². The molecule has 0 aromatic heterocycles. The number of carbonyl (C=O) groups is 1. The Morgan fingerprint density at radius 2 is 2.05 bits per heavy atom. The molecule has 1 amide bonds. The molecule has 1 saturated carbocycles. The Morgan fingerprint density at radius 3 is 2.70 bits per heavy atom. The molecule has 1 aromatic carbocycles. The molecule has 2 rings (SSSR count). The summed E-state index contributed by atoms with van der Waals surface area (Å²) in [4.78, 5) is 14.5. The fourth-order valence-electron chi connectivity index (χ4n) is 2.70. The molecule has 0 bridgehead atoms. The molecule has 0 spiro atoms. The van der Waals surface area contributed by atoms with Crippen LogP contribution in [-0.4, -0.2) is 35.4 Å². The summed E-state index contributed by atoms with van der Waals surface area (Å²) in [5.41, 5.74) is 7.05. The van der Waals surface area contributed by atoms with Gasteiger partial charge in [-0.1, -0.05) is 37.2 Å². The highest BCUT2D eigenvalue weighted by atomic mass is 32.1. The first kappa shape index (κ1) is 14.9. The lowest BCUT2D eigenvalue weighted by Gasteiger charge is -2.23. The van der Waals surface area contributed by atoms with E-state index >= 15 is 0 Å². The second-order valence-electron chi connectivity index (χ2n) is 5.31. The van der Waals surface area contributed by atoms with Crippen molar-refractivity contribution in [1.29, 1.82) is 0 Å². The average molecular weight is 291 g/mol. The van der Waals surface area contributed by atoms with Gasteiger partial charge in [0, 0.05) is 11.6 Å². The number of likely N-dealkylation sites (N-methyl/N-ethyl adjacent to an activating group) is 1. The van der Waals surface area contributed by atoms with E-state index in [0.29, 0.717) is 28.8 Å². The highest BCUT2D eigenvalue weighted by molar-refractivity contribution is 7.80. The summed E-state index contributed by atoms with van der Waals surface area (Å²) >= 11 is 4.99. The third kappa shape index (κ3) is 3.77. The minimum absolute atomic E-state index is 0.0249. The van der Waals surface area contributed by atoms with Crippen molar-refractivity contribution >= 4 is 28.8 Å². The Labute approximate surface area is 125 Å². The molecular formula is C15H21N3OS. The molecule has 4 nitrogen and oxygen atoms in total. The number of hydrogen-bond donors (Lipinski definition) is 2. The van der Waals surface area contributed by atoms with Crippen molar-refractivity contribution < 1.29 is 4.79 Å². The molecule has 3 N–H and O–H groups in total. The number of benzene rings is 1. The van der Waals surface area contributed by atoms with Crippen LogP contribution in [0.25, 0.3) is 0 Å². The number of amides is 1. The Kier molecular flexibility index (Phi) is 5.09. The van der Waals surface area contributed by atoms with E-state index in [1.807, 2.05) is 31.3 Å². The Hall–Kier alpha value is -1.46. The van der Waals surface area contributed by atoms with Gasteiger partial charge in [-0.25, -0.2) is 0 Å². The van der Waals surface area contributed by atoms with Crippen LogP contribution >= 0.6 is 12.2 Å². The second kappa shape index (κ2) is 6.81. The van der Waals surface area contributed by atoms with Gasteiger partial charge in [0.2, 0.25) is 5.91 Å². The largest absolute Gasteiger partial charge is 0.389 e. The van der Waals surface area contributed by atoms with Crippen LogP contribution in [0.4, 0.5) is 5.69 Å². The summed E-state index contributed by atoms with van der Waals surface area (Å²) in [7, 11) is 2.01. The highest BCUT2D eigenvalue weighted by Gasteiger charge is 2.21. The fourth-order valence-corrected chi connectivity index (χ4v) is 2.88. The maximum atomic E-state index is 12.1.